The smallest absolute Gasteiger partial charge is 0.244 e. The van der Waals surface area contributed by atoms with Crippen LogP contribution >= 0.6 is 0 Å². The van der Waals surface area contributed by atoms with Crippen molar-refractivity contribution in [3.05, 3.63) is 0 Å². The van der Waals surface area contributed by atoms with Gasteiger partial charge in [-0.25, -0.2) is 15.3 Å². The summed E-state index contributed by atoms with van der Waals surface area (Å²) in [5.41, 5.74) is 6.82. The van der Waals surface area contributed by atoms with Crippen LogP contribution in [0.25, 0.3) is 0 Å². The number of hydrogen-bond donors (Lipinski definition) is 3. The summed E-state index contributed by atoms with van der Waals surface area (Å²) in [4.78, 5) is 19.2. The highest BCUT2D eigenvalue weighted by molar-refractivity contribution is 5.75. The van der Waals surface area contributed by atoms with Gasteiger partial charge in [0.15, 0.2) is 0 Å². The van der Waals surface area contributed by atoms with Crippen molar-refractivity contribution in [2.75, 3.05) is 13.7 Å². The van der Waals surface area contributed by atoms with Crippen LogP contribution in [0, 0.1) is 0 Å². The van der Waals surface area contributed by atoms with Gasteiger partial charge in [0.05, 0.1) is 13.7 Å². The fourth-order valence-corrected chi connectivity index (χ4v) is 0.498. The van der Waals surface area contributed by atoms with Crippen molar-refractivity contribution >= 4 is 5.91 Å². The normalized spacial score (nSPS) is 12.6. The van der Waals surface area contributed by atoms with E-state index in [1.807, 2.05) is 0 Å². The summed E-state index contributed by atoms with van der Waals surface area (Å²) >= 11 is 0. The predicted molar refractivity (Wildman–Crippen MR) is 35.5 cm³/mol. The Morgan fingerprint density at radius 2 is 2.45 bits per heavy atom. The number of hydrogen-bond acceptors (Lipinski definition) is 5. The van der Waals surface area contributed by atoms with E-state index < -0.39 is 11.9 Å². The van der Waals surface area contributed by atoms with Crippen LogP contribution in [0.2, 0.25) is 0 Å². The van der Waals surface area contributed by atoms with Crippen LogP contribution in [0.3, 0.4) is 0 Å². The van der Waals surface area contributed by atoms with Gasteiger partial charge in [-0.15, -0.1) is 0 Å². The number of nitrogens with one attached hydrogen (secondary N) is 1. The molecule has 1 atom stereocenters. The minimum atomic E-state index is -0.544. The molecule has 0 radical (unpaired) electrons. The molecule has 0 heterocycles. The zero-order chi connectivity index (χ0) is 8.69. The zero-order valence-electron chi connectivity index (χ0n) is 6.24. The van der Waals surface area contributed by atoms with Crippen LogP contribution in [0.4, 0.5) is 0 Å². The van der Waals surface area contributed by atoms with Gasteiger partial charge in [0.1, 0.15) is 0 Å². The third kappa shape index (κ3) is 5.74. The molecule has 0 rings (SSSR count). The molecular weight excluding hydrogens is 152 g/mol. The molecule has 0 aliphatic heterocycles. The van der Waals surface area contributed by atoms with Gasteiger partial charge in [0.25, 0.3) is 0 Å². The first-order chi connectivity index (χ1) is 5.20. The highest BCUT2D eigenvalue weighted by Gasteiger charge is 2.08. The van der Waals surface area contributed by atoms with Crippen LogP contribution in [0.5, 0.6) is 0 Å². The fourth-order valence-electron chi connectivity index (χ4n) is 0.498. The van der Waals surface area contributed by atoms with Crippen LogP contribution in [-0.2, 0) is 14.6 Å². The quantitative estimate of drug-likeness (QED) is 0.269. The van der Waals surface area contributed by atoms with E-state index in [-0.39, 0.29) is 13.0 Å². The maximum atomic E-state index is 10.4. The molecule has 0 aromatic heterocycles. The molecule has 0 aliphatic carbocycles. The van der Waals surface area contributed by atoms with Crippen molar-refractivity contribution < 1.29 is 19.8 Å². The summed E-state index contributed by atoms with van der Waals surface area (Å²) in [6.45, 7) is 0.115. The summed E-state index contributed by atoms with van der Waals surface area (Å²) in [5.74, 6) is -0.544. The lowest BCUT2D eigenvalue weighted by molar-refractivity contribution is -0.274. The fraction of sp³-hybridized carbons (Fsp3) is 0.800. The molecule has 66 valence electrons. The number of hydroxylamine groups is 1. The summed E-state index contributed by atoms with van der Waals surface area (Å²) in [5, 5.41) is 8.08. The summed E-state index contributed by atoms with van der Waals surface area (Å²) < 4.78 is 0. The number of carbonyl (C=O) groups excluding carboxylic acids is 1. The summed E-state index contributed by atoms with van der Waals surface area (Å²) in [6.07, 6.45) is -0.000139. The van der Waals surface area contributed by atoms with Gasteiger partial charge < -0.3 is 5.73 Å². The third-order valence-corrected chi connectivity index (χ3v) is 0.972. The van der Waals surface area contributed by atoms with Gasteiger partial charge >= 0.3 is 0 Å². The van der Waals surface area contributed by atoms with Gasteiger partial charge in [-0.1, -0.05) is 0 Å². The standard InChI is InChI=1S/C5H12N2O4/c1-10-11-3-4(6)2-5(8)7-9/h4,9H,2-3,6H2,1H3,(H,7,8)/t4-/m0/s1. The molecule has 0 saturated carbocycles. The van der Waals surface area contributed by atoms with Crippen molar-refractivity contribution in [1.29, 1.82) is 0 Å². The van der Waals surface area contributed by atoms with Crippen molar-refractivity contribution in [1.82, 2.24) is 5.48 Å². The monoisotopic (exact) mass is 164 g/mol. The minimum absolute atomic E-state index is 0.000139. The average molecular weight is 164 g/mol. The lowest BCUT2D eigenvalue weighted by Gasteiger charge is -2.07. The Hall–Kier alpha value is -0.690. The molecule has 4 N–H and O–H groups in total. The SMILES string of the molecule is COOC[C@@H](N)CC(=O)NO. The van der Waals surface area contributed by atoms with Crippen LogP contribution in [-0.4, -0.2) is 30.9 Å². The Morgan fingerprint density at radius 3 is 2.91 bits per heavy atom. The van der Waals surface area contributed by atoms with Gasteiger partial charge in [0.2, 0.25) is 5.91 Å². The van der Waals surface area contributed by atoms with Gasteiger partial charge in [-0.2, -0.15) is 0 Å². The second kappa shape index (κ2) is 6.05. The Bertz CT molecular complexity index is 119. The second-order valence-corrected chi connectivity index (χ2v) is 1.95. The Morgan fingerprint density at radius 1 is 1.82 bits per heavy atom. The van der Waals surface area contributed by atoms with E-state index in [9.17, 15) is 4.79 Å². The Labute approximate surface area is 64.2 Å². The van der Waals surface area contributed by atoms with E-state index in [1.165, 1.54) is 12.6 Å². The van der Waals surface area contributed by atoms with Crippen molar-refractivity contribution in [3.63, 3.8) is 0 Å². The zero-order valence-corrected chi connectivity index (χ0v) is 6.24. The Kier molecular flexibility index (Phi) is 5.67. The molecule has 11 heavy (non-hydrogen) atoms. The molecule has 0 spiro atoms. The van der Waals surface area contributed by atoms with E-state index in [0.29, 0.717) is 0 Å². The molecule has 1 amide bonds. The van der Waals surface area contributed by atoms with Crippen molar-refractivity contribution in [3.8, 4) is 0 Å². The van der Waals surface area contributed by atoms with Gasteiger partial charge in [-0.05, 0) is 0 Å². The maximum Gasteiger partial charge on any atom is 0.244 e. The lowest BCUT2D eigenvalue weighted by Crippen LogP contribution is -2.33. The maximum absolute atomic E-state index is 10.4. The highest BCUT2D eigenvalue weighted by atomic mass is 17.2. The van der Waals surface area contributed by atoms with E-state index in [4.69, 9.17) is 10.9 Å². The molecule has 0 bridgehead atoms. The Balaban J connectivity index is 3.35. The number of rotatable bonds is 5. The van der Waals surface area contributed by atoms with Gasteiger partial charge in [0, 0.05) is 12.5 Å². The molecule has 0 saturated heterocycles. The van der Waals surface area contributed by atoms with Crippen molar-refractivity contribution in [2.45, 2.75) is 12.5 Å². The molecule has 0 unspecified atom stereocenters. The number of nitrogens with two attached hydrogens (primary N) is 1. The van der Waals surface area contributed by atoms with Crippen LogP contribution in [0.15, 0.2) is 0 Å². The minimum Gasteiger partial charge on any atom is -0.325 e. The predicted octanol–water partition coefficient (Wildman–Crippen LogP) is -1.21. The molecule has 0 aromatic rings. The average Bonchev–Trinajstić information content (AvgIpc) is 2.00. The summed E-state index contributed by atoms with van der Waals surface area (Å²) in [7, 11) is 1.35. The van der Waals surface area contributed by atoms with E-state index >= 15 is 0 Å². The first-order valence-electron chi connectivity index (χ1n) is 3.04. The van der Waals surface area contributed by atoms with Gasteiger partial charge in [-0.3, -0.25) is 10.0 Å². The van der Waals surface area contributed by atoms with E-state index in [1.54, 1.807) is 0 Å². The summed E-state index contributed by atoms with van der Waals surface area (Å²) in [6, 6.07) is -0.470. The number of carbonyl (C=O) groups is 1. The molecule has 0 fully saturated rings. The first-order valence-corrected chi connectivity index (χ1v) is 3.04. The van der Waals surface area contributed by atoms with E-state index in [0.717, 1.165) is 0 Å². The molecule has 0 aromatic carbocycles. The van der Waals surface area contributed by atoms with Crippen LogP contribution < -0.4 is 11.2 Å². The van der Waals surface area contributed by atoms with E-state index in [2.05, 4.69) is 9.78 Å². The van der Waals surface area contributed by atoms with Crippen molar-refractivity contribution in [2.24, 2.45) is 5.73 Å². The second-order valence-electron chi connectivity index (χ2n) is 1.95. The molecule has 6 heteroatoms. The largest absolute Gasteiger partial charge is 0.325 e. The molecular formula is C5H12N2O4. The third-order valence-electron chi connectivity index (χ3n) is 0.972. The number of amides is 1. The topological polar surface area (TPSA) is 93.8 Å². The first kappa shape index (κ1) is 10.3. The molecule has 0 aliphatic rings. The highest BCUT2D eigenvalue weighted by Crippen LogP contribution is 1.88. The lowest BCUT2D eigenvalue weighted by atomic mass is 10.2. The van der Waals surface area contributed by atoms with Crippen LogP contribution in [0.1, 0.15) is 6.42 Å². The molecule has 6 nitrogen and oxygen atoms in total.